The number of carbonyl (C=O) groups excluding carboxylic acids is 1. The zero-order valence-corrected chi connectivity index (χ0v) is 11.6. The number of carboxylic acids is 1. The van der Waals surface area contributed by atoms with Crippen LogP contribution in [0.3, 0.4) is 0 Å². The Hall–Kier alpha value is -3.22. The van der Waals surface area contributed by atoms with E-state index in [9.17, 15) is 14.7 Å². The fourth-order valence-corrected chi connectivity index (χ4v) is 2.24. The van der Waals surface area contributed by atoms with Gasteiger partial charge in [-0.25, -0.2) is 9.78 Å². The number of carbonyl (C=O) groups is 2. The molecule has 7 nitrogen and oxygen atoms in total. The molecule has 7 heteroatoms. The molecule has 0 radical (unpaired) electrons. The van der Waals surface area contributed by atoms with E-state index in [2.05, 4.69) is 15.3 Å². The van der Waals surface area contributed by atoms with E-state index in [1.54, 1.807) is 29.8 Å². The first-order chi connectivity index (χ1) is 10.6. The zero-order valence-electron chi connectivity index (χ0n) is 11.6. The van der Waals surface area contributed by atoms with Crippen LogP contribution in [0.25, 0.3) is 11.0 Å². The second-order valence-electron chi connectivity index (χ2n) is 4.74. The Morgan fingerprint density at radius 3 is 2.64 bits per heavy atom. The van der Waals surface area contributed by atoms with Gasteiger partial charge >= 0.3 is 5.97 Å². The molecule has 0 saturated carbocycles. The number of fused-ring (bicyclic) bond motifs is 1. The number of benzene rings is 1. The van der Waals surface area contributed by atoms with E-state index in [4.69, 9.17) is 0 Å². The number of pyridine rings is 1. The van der Waals surface area contributed by atoms with Crippen LogP contribution in [0.5, 0.6) is 0 Å². The lowest BCUT2D eigenvalue weighted by atomic mass is 10.1. The largest absolute Gasteiger partial charge is 0.478 e. The van der Waals surface area contributed by atoms with Crippen LogP contribution in [0.1, 0.15) is 20.7 Å². The Morgan fingerprint density at radius 1 is 1.23 bits per heavy atom. The van der Waals surface area contributed by atoms with E-state index in [0.29, 0.717) is 22.3 Å². The number of carboxylic acid groups (broad SMARTS) is 1. The Morgan fingerprint density at radius 2 is 1.95 bits per heavy atom. The average Bonchev–Trinajstić information content (AvgIpc) is 2.88. The molecule has 1 amide bonds. The number of nitrogens with zero attached hydrogens (tertiary/aromatic N) is 3. The van der Waals surface area contributed by atoms with Crippen LogP contribution in [-0.4, -0.2) is 31.5 Å². The average molecular weight is 296 g/mol. The topological polar surface area (TPSA) is 97.1 Å². The third-order valence-electron chi connectivity index (χ3n) is 3.24. The van der Waals surface area contributed by atoms with E-state index in [-0.39, 0.29) is 11.5 Å². The van der Waals surface area contributed by atoms with E-state index in [1.807, 2.05) is 0 Å². The van der Waals surface area contributed by atoms with Crippen molar-refractivity contribution in [2.24, 2.45) is 7.05 Å². The van der Waals surface area contributed by atoms with Gasteiger partial charge in [-0.1, -0.05) is 0 Å². The lowest BCUT2D eigenvalue weighted by Gasteiger charge is -2.08. The highest BCUT2D eigenvalue weighted by atomic mass is 16.4. The Kier molecular flexibility index (Phi) is 3.30. The molecule has 0 saturated heterocycles. The fourth-order valence-electron chi connectivity index (χ4n) is 2.24. The molecular weight excluding hydrogens is 284 g/mol. The van der Waals surface area contributed by atoms with Gasteiger partial charge in [0.05, 0.1) is 22.9 Å². The minimum Gasteiger partial charge on any atom is -0.478 e. The van der Waals surface area contributed by atoms with Crippen molar-refractivity contribution in [2.45, 2.75) is 0 Å². The summed E-state index contributed by atoms with van der Waals surface area (Å²) in [5.41, 5.74) is 1.92. The van der Waals surface area contributed by atoms with Crippen molar-refractivity contribution in [2.75, 3.05) is 5.32 Å². The van der Waals surface area contributed by atoms with Crippen molar-refractivity contribution in [1.29, 1.82) is 0 Å². The Bertz CT molecular complexity index is 871. The SMILES string of the molecule is Cn1cnc2cc(NC(=O)c3ccncc3)cc(C(=O)O)c21. The summed E-state index contributed by atoms with van der Waals surface area (Å²) in [5, 5.41) is 12.0. The van der Waals surface area contributed by atoms with Crippen molar-refractivity contribution >= 4 is 28.6 Å². The second kappa shape index (κ2) is 5.28. The van der Waals surface area contributed by atoms with E-state index >= 15 is 0 Å². The normalized spacial score (nSPS) is 10.6. The Labute approximate surface area is 125 Å². The second-order valence-corrected chi connectivity index (χ2v) is 4.74. The number of aryl methyl sites for hydroxylation is 1. The molecule has 1 aromatic carbocycles. The standard InChI is InChI=1S/C15H12N4O3/c1-19-8-17-12-7-10(6-11(13(12)19)15(21)22)18-14(20)9-2-4-16-5-3-9/h2-8H,1H3,(H,18,20)(H,21,22). The first kappa shape index (κ1) is 13.7. The van der Waals surface area contributed by atoms with Gasteiger partial charge in [0.15, 0.2) is 0 Å². The first-order valence-corrected chi connectivity index (χ1v) is 6.46. The number of rotatable bonds is 3. The summed E-state index contributed by atoms with van der Waals surface area (Å²) in [4.78, 5) is 31.5. The molecule has 0 unspecified atom stereocenters. The molecule has 2 N–H and O–H groups in total. The third-order valence-corrected chi connectivity index (χ3v) is 3.24. The maximum absolute atomic E-state index is 12.1. The molecule has 3 rings (SSSR count). The van der Waals surface area contributed by atoms with Crippen molar-refractivity contribution in [3.63, 3.8) is 0 Å². The summed E-state index contributed by atoms with van der Waals surface area (Å²) in [6.45, 7) is 0. The minimum absolute atomic E-state index is 0.0857. The molecule has 22 heavy (non-hydrogen) atoms. The van der Waals surface area contributed by atoms with Crippen LogP contribution in [0, 0.1) is 0 Å². The molecule has 0 aliphatic rings. The van der Waals surface area contributed by atoms with Crippen LogP contribution in [0.2, 0.25) is 0 Å². The maximum Gasteiger partial charge on any atom is 0.337 e. The third kappa shape index (κ3) is 2.39. The van der Waals surface area contributed by atoms with Crippen LogP contribution in [0.4, 0.5) is 5.69 Å². The summed E-state index contributed by atoms with van der Waals surface area (Å²) >= 11 is 0. The Balaban J connectivity index is 2.01. The summed E-state index contributed by atoms with van der Waals surface area (Å²) in [6, 6.07) is 6.21. The number of hydrogen-bond donors (Lipinski definition) is 2. The van der Waals surface area contributed by atoms with Crippen molar-refractivity contribution in [1.82, 2.24) is 14.5 Å². The highest BCUT2D eigenvalue weighted by molar-refractivity contribution is 6.08. The van der Waals surface area contributed by atoms with E-state index in [0.717, 1.165) is 0 Å². The van der Waals surface area contributed by atoms with Crippen LogP contribution < -0.4 is 5.32 Å². The summed E-state index contributed by atoms with van der Waals surface area (Å²) in [7, 11) is 1.72. The summed E-state index contributed by atoms with van der Waals surface area (Å²) in [5.74, 6) is -1.41. The van der Waals surface area contributed by atoms with Crippen LogP contribution in [0.15, 0.2) is 43.0 Å². The smallest absolute Gasteiger partial charge is 0.337 e. The number of imidazole rings is 1. The predicted molar refractivity (Wildman–Crippen MR) is 79.9 cm³/mol. The number of aromatic carboxylic acids is 1. The molecule has 0 bridgehead atoms. The van der Waals surface area contributed by atoms with Gasteiger partial charge in [-0.05, 0) is 24.3 Å². The molecule has 0 atom stereocenters. The minimum atomic E-state index is -1.08. The van der Waals surface area contributed by atoms with Crippen LogP contribution in [-0.2, 0) is 7.05 Å². The monoisotopic (exact) mass is 296 g/mol. The molecule has 0 spiro atoms. The number of hydrogen-bond acceptors (Lipinski definition) is 4. The number of amides is 1. The van der Waals surface area contributed by atoms with Crippen molar-refractivity contribution < 1.29 is 14.7 Å². The van der Waals surface area contributed by atoms with Gasteiger partial charge < -0.3 is 15.0 Å². The zero-order chi connectivity index (χ0) is 15.7. The maximum atomic E-state index is 12.1. The molecule has 0 aliphatic carbocycles. The summed E-state index contributed by atoms with van der Waals surface area (Å²) < 4.78 is 1.63. The van der Waals surface area contributed by atoms with Gasteiger partial charge in [-0.2, -0.15) is 0 Å². The van der Waals surface area contributed by atoms with Gasteiger partial charge in [-0.3, -0.25) is 9.78 Å². The van der Waals surface area contributed by atoms with Gasteiger partial charge in [0, 0.05) is 30.7 Å². The molecule has 0 aliphatic heterocycles. The van der Waals surface area contributed by atoms with E-state index < -0.39 is 5.97 Å². The highest BCUT2D eigenvalue weighted by Crippen LogP contribution is 2.23. The molecule has 0 fully saturated rings. The van der Waals surface area contributed by atoms with Gasteiger partial charge in [0.1, 0.15) is 0 Å². The molecule has 2 aromatic heterocycles. The van der Waals surface area contributed by atoms with Crippen molar-refractivity contribution in [3.05, 3.63) is 54.1 Å². The molecule has 2 heterocycles. The molecule has 110 valence electrons. The fraction of sp³-hybridized carbons (Fsp3) is 0.0667. The highest BCUT2D eigenvalue weighted by Gasteiger charge is 2.15. The quantitative estimate of drug-likeness (QED) is 0.769. The lowest BCUT2D eigenvalue weighted by Crippen LogP contribution is -2.12. The first-order valence-electron chi connectivity index (χ1n) is 6.46. The lowest BCUT2D eigenvalue weighted by molar-refractivity contribution is 0.0698. The number of aromatic nitrogens is 3. The van der Waals surface area contributed by atoms with Gasteiger partial charge in [0.25, 0.3) is 5.91 Å². The van der Waals surface area contributed by atoms with Crippen LogP contribution >= 0.6 is 0 Å². The van der Waals surface area contributed by atoms with Gasteiger partial charge in [-0.15, -0.1) is 0 Å². The number of anilines is 1. The van der Waals surface area contributed by atoms with Gasteiger partial charge in [0.2, 0.25) is 0 Å². The molecule has 3 aromatic rings. The van der Waals surface area contributed by atoms with Crippen molar-refractivity contribution in [3.8, 4) is 0 Å². The summed E-state index contributed by atoms with van der Waals surface area (Å²) in [6.07, 6.45) is 4.56. The predicted octanol–water partition coefficient (Wildman–Crippen LogP) is 1.92. The molecular formula is C15H12N4O3. The van der Waals surface area contributed by atoms with E-state index in [1.165, 1.54) is 24.8 Å². The number of nitrogens with one attached hydrogen (secondary N) is 1.